The molecular weight excluding hydrogens is 357 g/mol. The van der Waals surface area contributed by atoms with Gasteiger partial charge in [-0.2, -0.15) is 0 Å². The van der Waals surface area contributed by atoms with Gasteiger partial charge in [0.05, 0.1) is 11.2 Å². The molecule has 2 aliphatic rings. The normalized spacial score (nSPS) is 20.9. The van der Waals surface area contributed by atoms with Gasteiger partial charge in [-0.05, 0) is 72.0 Å². The monoisotopic (exact) mass is 387 g/mol. The molecule has 0 saturated carbocycles. The van der Waals surface area contributed by atoms with Crippen LogP contribution in [0.3, 0.4) is 0 Å². The van der Waals surface area contributed by atoms with Crippen molar-refractivity contribution in [3.63, 3.8) is 0 Å². The van der Waals surface area contributed by atoms with Crippen LogP contribution in [0.1, 0.15) is 64.4 Å². The van der Waals surface area contributed by atoms with Crippen LogP contribution in [-0.2, 0) is 25.3 Å². The molecule has 1 aromatic rings. The Morgan fingerprint density at radius 1 is 1.18 bits per heavy atom. The summed E-state index contributed by atoms with van der Waals surface area (Å²) in [6, 6.07) is 5.75. The maximum absolute atomic E-state index is 13.0. The number of carbonyl (C=O) groups excluding carboxylic acids is 2. The van der Waals surface area contributed by atoms with E-state index in [1.165, 1.54) is 0 Å². The van der Waals surface area contributed by atoms with Gasteiger partial charge in [-0.1, -0.05) is 12.1 Å². The number of carbonyl (C=O) groups is 2. The third-order valence-electron chi connectivity index (χ3n) is 5.57. The van der Waals surface area contributed by atoms with Crippen molar-refractivity contribution >= 4 is 24.5 Å². The second-order valence-corrected chi connectivity index (χ2v) is 9.57. The quantitative estimate of drug-likeness (QED) is 0.589. The molecule has 0 bridgehead atoms. The molecular formula is C21H30BNO5. The molecule has 0 aromatic heterocycles. The Labute approximate surface area is 167 Å². The third-order valence-corrected chi connectivity index (χ3v) is 5.57. The summed E-state index contributed by atoms with van der Waals surface area (Å²) in [6.07, 6.45) is 0.702. The zero-order valence-corrected chi connectivity index (χ0v) is 17.9. The highest BCUT2D eigenvalue weighted by molar-refractivity contribution is 6.62. The van der Waals surface area contributed by atoms with Gasteiger partial charge in [0, 0.05) is 12.1 Å². The van der Waals surface area contributed by atoms with Gasteiger partial charge in [0.25, 0.3) is 5.91 Å². The zero-order valence-electron chi connectivity index (χ0n) is 17.9. The maximum atomic E-state index is 13.0. The van der Waals surface area contributed by atoms with Gasteiger partial charge in [-0.15, -0.1) is 0 Å². The Morgan fingerprint density at radius 2 is 1.79 bits per heavy atom. The van der Waals surface area contributed by atoms with Crippen molar-refractivity contribution in [2.45, 2.75) is 71.7 Å². The third kappa shape index (κ3) is 4.10. The van der Waals surface area contributed by atoms with E-state index in [1.807, 2.05) is 66.7 Å². The summed E-state index contributed by atoms with van der Waals surface area (Å²) in [5, 5.41) is 0. The molecule has 1 aromatic carbocycles. The van der Waals surface area contributed by atoms with Crippen LogP contribution in [0.5, 0.6) is 0 Å². The van der Waals surface area contributed by atoms with Crippen LogP contribution in [0.2, 0.25) is 0 Å². The number of ether oxygens (including phenoxy) is 1. The van der Waals surface area contributed by atoms with Gasteiger partial charge in [0.15, 0.2) is 0 Å². The first-order chi connectivity index (χ1) is 12.8. The van der Waals surface area contributed by atoms with Crippen LogP contribution in [0.25, 0.3) is 0 Å². The summed E-state index contributed by atoms with van der Waals surface area (Å²) in [6.45, 7) is 13.9. The first kappa shape index (κ1) is 20.9. The Balaban J connectivity index is 1.78. The Kier molecular flexibility index (Phi) is 5.13. The lowest BCUT2D eigenvalue weighted by Gasteiger charge is -2.32. The van der Waals surface area contributed by atoms with Gasteiger partial charge in [-0.3, -0.25) is 9.59 Å². The Morgan fingerprint density at radius 3 is 2.36 bits per heavy atom. The highest BCUT2D eigenvalue weighted by Gasteiger charge is 2.51. The Hall–Kier alpha value is -1.86. The van der Waals surface area contributed by atoms with Crippen LogP contribution in [0.4, 0.5) is 0 Å². The lowest BCUT2D eigenvalue weighted by atomic mass is 9.77. The molecule has 0 unspecified atom stereocenters. The van der Waals surface area contributed by atoms with Crippen LogP contribution in [0.15, 0.2) is 18.2 Å². The number of fused-ring (bicyclic) bond motifs is 1. The van der Waals surface area contributed by atoms with Gasteiger partial charge >= 0.3 is 13.1 Å². The lowest BCUT2D eigenvalue weighted by Crippen LogP contribution is -2.44. The number of benzene rings is 1. The minimum absolute atomic E-state index is 0.0454. The first-order valence-corrected chi connectivity index (χ1v) is 9.79. The molecule has 1 fully saturated rings. The number of hydrogen-bond acceptors (Lipinski definition) is 5. The largest absolute Gasteiger partial charge is 0.494 e. The van der Waals surface area contributed by atoms with E-state index in [0.29, 0.717) is 18.5 Å². The topological polar surface area (TPSA) is 65.1 Å². The molecule has 0 spiro atoms. The van der Waals surface area contributed by atoms with Crippen LogP contribution in [-0.4, -0.2) is 53.8 Å². The van der Waals surface area contributed by atoms with Crippen LogP contribution >= 0.6 is 0 Å². The van der Waals surface area contributed by atoms with Crippen molar-refractivity contribution in [2.24, 2.45) is 0 Å². The fraction of sp³-hybridized carbons (Fsp3) is 0.619. The standard InChI is InChI=1S/C21H30BNO5/c1-19(2,3)26-17(24)13-23-11-10-14-8-9-15(12-16(14)18(23)25)22-27-20(4,5)21(6,7)28-22/h8-9,12H,10-11,13H2,1-7H3. The van der Waals surface area contributed by atoms with Crippen LogP contribution in [0, 0.1) is 0 Å². The summed E-state index contributed by atoms with van der Waals surface area (Å²) in [7, 11) is -0.524. The van der Waals surface area contributed by atoms with Crippen molar-refractivity contribution in [2.75, 3.05) is 13.1 Å². The molecule has 0 aliphatic carbocycles. The number of hydrogen-bond donors (Lipinski definition) is 0. The maximum Gasteiger partial charge on any atom is 0.494 e. The Bertz CT molecular complexity index is 780. The smallest absolute Gasteiger partial charge is 0.459 e. The van der Waals surface area contributed by atoms with E-state index in [9.17, 15) is 9.59 Å². The molecule has 7 heteroatoms. The van der Waals surface area contributed by atoms with Crippen LogP contribution < -0.4 is 5.46 Å². The summed E-state index contributed by atoms with van der Waals surface area (Å²) in [4.78, 5) is 26.7. The molecule has 0 atom stereocenters. The van der Waals surface area contributed by atoms with E-state index in [1.54, 1.807) is 4.90 Å². The average molecular weight is 387 g/mol. The highest BCUT2D eigenvalue weighted by atomic mass is 16.7. The van der Waals surface area contributed by atoms with Crippen molar-refractivity contribution in [3.8, 4) is 0 Å². The van der Waals surface area contributed by atoms with E-state index in [-0.39, 0.29) is 12.5 Å². The molecule has 1 saturated heterocycles. The minimum atomic E-state index is -0.572. The van der Waals surface area contributed by atoms with Crippen molar-refractivity contribution in [1.29, 1.82) is 0 Å². The SMILES string of the molecule is CC(C)(C)OC(=O)CN1CCc2ccc(B3OC(C)(C)C(C)(C)O3)cc2C1=O. The minimum Gasteiger partial charge on any atom is -0.459 e. The van der Waals surface area contributed by atoms with Crippen molar-refractivity contribution < 1.29 is 23.6 Å². The number of nitrogens with zero attached hydrogens (tertiary/aromatic N) is 1. The molecule has 3 rings (SSSR count). The van der Waals surface area contributed by atoms with E-state index in [2.05, 4.69) is 0 Å². The number of amides is 1. The summed E-state index contributed by atoms with van der Waals surface area (Å²) in [5.41, 5.74) is 0.927. The molecule has 6 nitrogen and oxygen atoms in total. The summed E-state index contributed by atoms with van der Waals surface area (Å²) >= 11 is 0. The zero-order chi connectivity index (χ0) is 20.9. The van der Waals surface area contributed by atoms with Gasteiger partial charge in [0.2, 0.25) is 0 Å². The van der Waals surface area contributed by atoms with Crippen molar-refractivity contribution in [3.05, 3.63) is 29.3 Å². The number of esters is 1. The highest BCUT2D eigenvalue weighted by Crippen LogP contribution is 2.36. The van der Waals surface area contributed by atoms with Gasteiger partial charge in [0.1, 0.15) is 12.1 Å². The number of rotatable bonds is 3. The van der Waals surface area contributed by atoms with Gasteiger partial charge < -0.3 is 18.9 Å². The predicted octanol–water partition coefficient (Wildman–Crippen LogP) is 2.33. The molecule has 2 heterocycles. The van der Waals surface area contributed by atoms with Gasteiger partial charge in [-0.25, -0.2) is 0 Å². The van der Waals surface area contributed by atoms with E-state index in [0.717, 1.165) is 11.0 Å². The first-order valence-electron chi connectivity index (χ1n) is 9.79. The predicted molar refractivity (Wildman–Crippen MR) is 108 cm³/mol. The lowest BCUT2D eigenvalue weighted by molar-refractivity contribution is -0.155. The molecule has 2 aliphatic heterocycles. The fourth-order valence-corrected chi connectivity index (χ4v) is 3.34. The molecule has 1 amide bonds. The van der Waals surface area contributed by atoms with E-state index in [4.69, 9.17) is 14.0 Å². The second-order valence-electron chi connectivity index (χ2n) is 9.57. The molecule has 28 heavy (non-hydrogen) atoms. The summed E-state index contributed by atoms with van der Waals surface area (Å²) < 4.78 is 17.6. The second kappa shape index (κ2) is 6.88. The van der Waals surface area contributed by atoms with Crippen molar-refractivity contribution in [1.82, 2.24) is 4.90 Å². The van der Waals surface area contributed by atoms with E-state index < -0.39 is 29.9 Å². The fourth-order valence-electron chi connectivity index (χ4n) is 3.34. The average Bonchev–Trinajstić information content (AvgIpc) is 2.76. The molecule has 0 radical (unpaired) electrons. The summed E-state index contributed by atoms with van der Waals surface area (Å²) in [5.74, 6) is -0.558. The molecule has 0 N–H and O–H groups in total. The molecule has 152 valence electrons. The van der Waals surface area contributed by atoms with E-state index >= 15 is 0 Å².